The molecule has 2 amide bonds. The van der Waals surface area contributed by atoms with Gasteiger partial charge in [-0.3, -0.25) is 4.90 Å². The Balaban J connectivity index is 2.21. The van der Waals surface area contributed by atoms with Gasteiger partial charge in [-0.25, -0.2) is 9.59 Å². The van der Waals surface area contributed by atoms with E-state index >= 15 is 0 Å². The van der Waals surface area contributed by atoms with E-state index in [1.807, 2.05) is 41.5 Å². The zero-order valence-corrected chi connectivity index (χ0v) is 26.7. The first kappa shape index (κ1) is 35.5. The summed E-state index contributed by atoms with van der Waals surface area (Å²) in [7, 11) is 0. The molecule has 0 unspecified atom stereocenters. The molecule has 7 heteroatoms. The van der Waals surface area contributed by atoms with Crippen LogP contribution in [0.15, 0.2) is 0 Å². The van der Waals surface area contributed by atoms with E-state index in [2.05, 4.69) is 22.5 Å². The second-order valence-corrected chi connectivity index (χ2v) is 13.6. The van der Waals surface area contributed by atoms with Gasteiger partial charge in [0.15, 0.2) is 0 Å². The predicted molar refractivity (Wildman–Crippen MR) is 162 cm³/mol. The summed E-state index contributed by atoms with van der Waals surface area (Å²) in [6.45, 7) is 15.7. The summed E-state index contributed by atoms with van der Waals surface area (Å²) in [6, 6.07) is -0.429. The van der Waals surface area contributed by atoms with E-state index in [1.165, 1.54) is 96.3 Å². The Kier molecular flexibility index (Phi) is 17.8. The lowest BCUT2D eigenvalue weighted by Gasteiger charge is -2.26. The number of carbonyl (C=O) groups is 2. The van der Waals surface area contributed by atoms with Crippen LogP contribution in [0.25, 0.3) is 0 Å². The first-order chi connectivity index (χ1) is 18.4. The van der Waals surface area contributed by atoms with Crippen molar-refractivity contribution < 1.29 is 19.1 Å². The van der Waals surface area contributed by atoms with E-state index in [0.717, 1.165) is 13.0 Å². The van der Waals surface area contributed by atoms with Crippen LogP contribution >= 0.6 is 0 Å². The lowest BCUT2D eigenvalue weighted by atomic mass is 10.0. The Morgan fingerprint density at radius 1 is 0.590 bits per heavy atom. The molecule has 230 valence electrons. The maximum atomic E-state index is 12.4. The van der Waals surface area contributed by atoms with E-state index in [0.29, 0.717) is 13.1 Å². The van der Waals surface area contributed by atoms with Gasteiger partial charge in [0.1, 0.15) is 11.2 Å². The van der Waals surface area contributed by atoms with Crippen LogP contribution in [0.2, 0.25) is 0 Å². The second kappa shape index (κ2) is 19.6. The Labute approximate surface area is 240 Å². The number of hydrogen-bond donors (Lipinski definition) is 2. The van der Waals surface area contributed by atoms with Gasteiger partial charge >= 0.3 is 12.2 Å². The van der Waals surface area contributed by atoms with Gasteiger partial charge in [-0.05, 0) is 54.5 Å². The molecule has 1 aliphatic rings. The van der Waals surface area contributed by atoms with E-state index in [-0.39, 0.29) is 12.1 Å². The summed E-state index contributed by atoms with van der Waals surface area (Å²) in [5, 5.41) is 5.93. The number of alkyl carbamates (subject to hydrolysis) is 2. The van der Waals surface area contributed by atoms with Crippen LogP contribution < -0.4 is 10.6 Å². The SMILES string of the molecule is CCCCCCCCCCCCCCCCCCN1C[C@H](NC(=O)OC(C)(C)C)[C@@H](NC(=O)OC(C)(C)C)C1. The summed E-state index contributed by atoms with van der Waals surface area (Å²) in [6.07, 6.45) is 20.9. The number of rotatable bonds is 19. The van der Waals surface area contributed by atoms with Gasteiger partial charge in [-0.15, -0.1) is 0 Å². The third kappa shape index (κ3) is 20.1. The minimum absolute atomic E-state index is 0.214. The van der Waals surface area contributed by atoms with Gasteiger partial charge in [0.05, 0.1) is 12.1 Å². The molecule has 0 bridgehead atoms. The topological polar surface area (TPSA) is 79.9 Å². The minimum Gasteiger partial charge on any atom is -0.444 e. The van der Waals surface area contributed by atoms with Crippen LogP contribution in [0.5, 0.6) is 0 Å². The molecule has 0 aliphatic carbocycles. The molecule has 39 heavy (non-hydrogen) atoms. The predicted octanol–water partition coefficient (Wildman–Crippen LogP) is 8.35. The molecule has 0 spiro atoms. The molecular formula is C32H63N3O4. The fourth-order valence-corrected chi connectivity index (χ4v) is 5.16. The quantitative estimate of drug-likeness (QED) is 0.157. The molecule has 0 aromatic carbocycles. The second-order valence-electron chi connectivity index (χ2n) is 13.6. The fraction of sp³-hybridized carbons (Fsp3) is 0.938. The lowest BCUT2D eigenvalue weighted by molar-refractivity contribution is 0.0447. The third-order valence-electron chi connectivity index (χ3n) is 7.13. The third-order valence-corrected chi connectivity index (χ3v) is 7.13. The Morgan fingerprint density at radius 2 is 0.897 bits per heavy atom. The number of hydrogen-bond acceptors (Lipinski definition) is 5. The molecule has 1 rings (SSSR count). The summed E-state index contributed by atoms with van der Waals surface area (Å²) in [5.41, 5.74) is -1.13. The molecule has 1 saturated heterocycles. The largest absolute Gasteiger partial charge is 0.444 e. The van der Waals surface area contributed by atoms with Crippen LogP contribution in [0.4, 0.5) is 9.59 Å². The fourth-order valence-electron chi connectivity index (χ4n) is 5.16. The highest BCUT2D eigenvalue weighted by atomic mass is 16.6. The highest BCUT2D eigenvalue weighted by Gasteiger charge is 2.36. The van der Waals surface area contributed by atoms with Crippen molar-refractivity contribution in [2.24, 2.45) is 0 Å². The number of amides is 2. The maximum Gasteiger partial charge on any atom is 0.407 e. The van der Waals surface area contributed by atoms with Crippen molar-refractivity contribution in [3.05, 3.63) is 0 Å². The van der Waals surface area contributed by atoms with E-state index in [1.54, 1.807) is 0 Å². The molecule has 1 heterocycles. The molecule has 2 atom stereocenters. The lowest BCUT2D eigenvalue weighted by Crippen LogP contribution is -2.52. The van der Waals surface area contributed by atoms with Crippen molar-refractivity contribution in [3.63, 3.8) is 0 Å². The molecule has 1 fully saturated rings. The molecule has 0 saturated carbocycles. The van der Waals surface area contributed by atoms with Gasteiger partial charge in [0, 0.05) is 13.1 Å². The zero-order valence-electron chi connectivity index (χ0n) is 26.7. The molecule has 7 nitrogen and oxygen atoms in total. The van der Waals surface area contributed by atoms with Gasteiger partial charge in [-0.1, -0.05) is 103 Å². The van der Waals surface area contributed by atoms with Crippen LogP contribution in [0, 0.1) is 0 Å². The highest BCUT2D eigenvalue weighted by Crippen LogP contribution is 2.17. The number of nitrogens with one attached hydrogen (secondary N) is 2. The minimum atomic E-state index is -0.565. The average molecular weight is 554 g/mol. The van der Waals surface area contributed by atoms with Gasteiger partial charge < -0.3 is 20.1 Å². The smallest absolute Gasteiger partial charge is 0.407 e. The van der Waals surface area contributed by atoms with Crippen molar-refractivity contribution in [3.8, 4) is 0 Å². The van der Waals surface area contributed by atoms with Crippen molar-refractivity contribution in [2.75, 3.05) is 19.6 Å². The molecule has 2 N–H and O–H groups in total. The number of carbonyl (C=O) groups excluding carboxylic acids is 2. The van der Waals surface area contributed by atoms with Crippen molar-refractivity contribution in [2.45, 2.75) is 174 Å². The Hall–Kier alpha value is -1.50. The number of unbranched alkanes of at least 4 members (excludes halogenated alkanes) is 15. The van der Waals surface area contributed by atoms with Gasteiger partial charge in [0.2, 0.25) is 0 Å². The summed E-state index contributed by atoms with van der Waals surface area (Å²) in [5.74, 6) is 0. The molecule has 0 aromatic heterocycles. The first-order valence-corrected chi connectivity index (χ1v) is 16.1. The first-order valence-electron chi connectivity index (χ1n) is 16.1. The standard InChI is InChI=1S/C32H63N3O4/c1-8-9-10-11-12-13-14-15-16-17-18-19-20-21-22-23-24-35-25-27(33-29(36)38-31(2,3)4)28(26-35)34-30(37)39-32(5,6)7/h27-28H,8-26H2,1-7H3,(H,33,36)(H,34,37)/t27-,28-/m0/s1. The van der Waals surface area contributed by atoms with Crippen LogP contribution in [-0.2, 0) is 9.47 Å². The van der Waals surface area contributed by atoms with Crippen LogP contribution in [-0.4, -0.2) is 60.0 Å². The Morgan fingerprint density at radius 3 is 1.21 bits per heavy atom. The molecule has 1 aliphatic heterocycles. The van der Waals surface area contributed by atoms with E-state index in [4.69, 9.17) is 9.47 Å². The summed E-state index contributed by atoms with van der Waals surface area (Å²) >= 11 is 0. The van der Waals surface area contributed by atoms with Gasteiger partial charge in [-0.2, -0.15) is 0 Å². The van der Waals surface area contributed by atoms with Crippen LogP contribution in [0.3, 0.4) is 0 Å². The normalized spacial score (nSPS) is 18.2. The van der Waals surface area contributed by atoms with E-state index < -0.39 is 23.4 Å². The number of ether oxygens (including phenoxy) is 2. The van der Waals surface area contributed by atoms with Crippen LogP contribution in [0.1, 0.15) is 151 Å². The van der Waals surface area contributed by atoms with Crippen molar-refractivity contribution in [1.29, 1.82) is 0 Å². The summed E-state index contributed by atoms with van der Waals surface area (Å²) < 4.78 is 10.9. The van der Waals surface area contributed by atoms with Crippen molar-refractivity contribution in [1.82, 2.24) is 15.5 Å². The Bertz CT molecular complexity index is 619. The molecule has 0 radical (unpaired) electrons. The maximum absolute atomic E-state index is 12.4. The monoisotopic (exact) mass is 553 g/mol. The van der Waals surface area contributed by atoms with E-state index in [9.17, 15) is 9.59 Å². The molecular weight excluding hydrogens is 490 g/mol. The highest BCUT2D eigenvalue weighted by molar-refractivity contribution is 5.70. The zero-order chi connectivity index (χ0) is 29.2. The van der Waals surface area contributed by atoms with Crippen molar-refractivity contribution >= 4 is 12.2 Å². The van der Waals surface area contributed by atoms with Gasteiger partial charge in [0.25, 0.3) is 0 Å². The molecule has 0 aromatic rings. The number of likely N-dealkylation sites (tertiary alicyclic amines) is 1. The number of nitrogens with zero attached hydrogens (tertiary/aromatic N) is 1. The summed E-state index contributed by atoms with van der Waals surface area (Å²) in [4.78, 5) is 27.1. The average Bonchev–Trinajstić information content (AvgIpc) is 3.16.